The molecule has 0 heterocycles. The maximum atomic E-state index is 12.9. The fourth-order valence-electron chi connectivity index (χ4n) is 1.97. The summed E-state index contributed by atoms with van der Waals surface area (Å²) >= 11 is 0. The van der Waals surface area contributed by atoms with Gasteiger partial charge in [-0.3, -0.25) is 0 Å². The molecule has 1 aromatic rings. The maximum Gasteiger partial charge on any atom is 0.416 e. The van der Waals surface area contributed by atoms with Crippen LogP contribution in [0.4, 0.5) is 26.3 Å². The van der Waals surface area contributed by atoms with E-state index in [4.69, 9.17) is 11.5 Å². The highest BCUT2D eigenvalue weighted by atomic mass is 35.5. The van der Waals surface area contributed by atoms with Gasteiger partial charge in [-0.25, -0.2) is 0 Å². The van der Waals surface area contributed by atoms with E-state index in [1.54, 1.807) is 0 Å². The van der Waals surface area contributed by atoms with Crippen LogP contribution < -0.4 is 11.5 Å². The fraction of sp³-hybridized carbons (Fsp3) is 0.538. The van der Waals surface area contributed by atoms with E-state index >= 15 is 0 Å². The van der Waals surface area contributed by atoms with Crippen LogP contribution in [0.2, 0.25) is 0 Å². The van der Waals surface area contributed by atoms with Crippen LogP contribution in [0.1, 0.15) is 42.0 Å². The monoisotopic (exact) mass is 350 g/mol. The van der Waals surface area contributed by atoms with Crippen molar-refractivity contribution < 1.29 is 26.3 Å². The quantitative estimate of drug-likeness (QED) is 0.615. The lowest BCUT2D eigenvalue weighted by molar-refractivity contribution is -0.143. The summed E-state index contributed by atoms with van der Waals surface area (Å²) in [6.07, 6.45) is -8.39. The molecule has 0 aliphatic heterocycles. The second kappa shape index (κ2) is 8.03. The molecule has 1 rings (SSSR count). The number of hydrogen-bond donors (Lipinski definition) is 2. The van der Waals surface area contributed by atoms with Crippen molar-refractivity contribution in [2.45, 2.75) is 37.7 Å². The van der Waals surface area contributed by atoms with Gasteiger partial charge in [0.05, 0.1) is 11.1 Å². The highest BCUT2D eigenvalue weighted by molar-refractivity contribution is 5.85. The van der Waals surface area contributed by atoms with Gasteiger partial charge in [0.15, 0.2) is 0 Å². The SMILES string of the molecule is Cl.NCCCC[C@H](N)c1ccc(C(F)(F)F)cc1C(F)(F)F. The van der Waals surface area contributed by atoms with Crippen molar-refractivity contribution >= 4 is 12.4 Å². The number of nitrogens with two attached hydrogens (primary N) is 2. The minimum atomic E-state index is -4.89. The molecule has 0 saturated carbocycles. The van der Waals surface area contributed by atoms with E-state index in [-0.39, 0.29) is 30.5 Å². The normalized spacial score (nSPS) is 13.6. The van der Waals surface area contributed by atoms with Gasteiger partial charge in [0.25, 0.3) is 0 Å². The van der Waals surface area contributed by atoms with Crippen LogP contribution in [-0.4, -0.2) is 6.54 Å². The van der Waals surface area contributed by atoms with Crippen molar-refractivity contribution in [1.29, 1.82) is 0 Å². The number of halogens is 7. The van der Waals surface area contributed by atoms with E-state index in [1.165, 1.54) is 0 Å². The molecule has 22 heavy (non-hydrogen) atoms. The van der Waals surface area contributed by atoms with Gasteiger partial charge in [-0.2, -0.15) is 26.3 Å². The first-order valence-electron chi connectivity index (χ1n) is 6.31. The molecule has 0 radical (unpaired) electrons. The number of alkyl halides is 6. The molecule has 128 valence electrons. The molecule has 1 atom stereocenters. The first-order chi connectivity index (χ1) is 9.57. The Hall–Kier alpha value is -0.990. The van der Waals surface area contributed by atoms with Crippen molar-refractivity contribution in [3.8, 4) is 0 Å². The van der Waals surface area contributed by atoms with Crippen molar-refractivity contribution in [3.63, 3.8) is 0 Å². The van der Waals surface area contributed by atoms with Crippen molar-refractivity contribution in [2.24, 2.45) is 11.5 Å². The third-order valence-electron chi connectivity index (χ3n) is 3.05. The predicted molar refractivity (Wildman–Crippen MR) is 73.5 cm³/mol. The van der Waals surface area contributed by atoms with Crippen LogP contribution in [-0.2, 0) is 12.4 Å². The Morgan fingerprint density at radius 2 is 1.55 bits per heavy atom. The van der Waals surface area contributed by atoms with Crippen LogP contribution >= 0.6 is 12.4 Å². The van der Waals surface area contributed by atoms with E-state index < -0.39 is 29.5 Å². The molecule has 0 spiro atoms. The van der Waals surface area contributed by atoms with E-state index in [0.717, 1.165) is 6.07 Å². The molecule has 0 saturated heterocycles. The van der Waals surface area contributed by atoms with Crippen LogP contribution in [0.5, 0.6) is 0 Å². The summed E-state index contributed by atoms with van der Waals surface area (Å²) in [7, 11) is 0. The molecule has 0 bridgehead atoms. The summed E-state index contributed by atoms with van der Waals surface area (Å²) in [5, 5.41) is 0. The van der Waals surface area contributed by atoms with Gasteiger partial charge in [0.1, 0.15) is 0 Å². The first-order valence-corrected chi connectivity index (χ1v) is 6.31. The maximum absolute atomic E-state index is 12.9. The summed E-state index contributed by atoms with van der Waals surface area (Å²) < 4.78 is 76.3. The van der Waals surface area contributed by atoms with Crippen LogP contribution in [0.15, 0.2) is 18.2 Å². The third-order valence-corrected chi connectivity index (χ3v) is 3.05. The summed E-state index contributed by atoms with van der Waals surface area (Å²) in [6, 6.07) is 0.556. The Kier molecular flexibility index (Phi) is 7.67. The minimum Gasteiger partial charge on any atom is -0.330 e. The van der Waals surface area contributed by atoms with Gasteiger partial charge < -0.3 is 11.5 Å². The van der Waals surface area contributed by atoms with Crippen LogP contribution in [0.25, 0.3) is 0 Å². The first kappa shape index (κ1) is 21.0. The minimum absolute atomic E-state index is 0. The molecular weight excluding hydrogens is 334 g/mol. The van der Waals surface area contributed by atoms with Crippen LogP contribution in [0, 0.1) is 0 Å². The molecule has 0 aliphatic rings. The van der Waals surface area contributed by atoms with Crippen molar-refractivity contribution in [2.75, 3.05) is 6.54 Å². The molecule has 1 aromatic carbocycles. The summed E-state index contributed by atoms with van der Waals surface area (Å²) in [4.78, 5) is 0. The second-order valence-electron chi connectivity index (χ2n) is 4.69. The second-order valence-corrected chi connectivity index (χ2v) is 4.69. The molecule has 0 amide bonds. The molecule has 0 fully saturated rings. The third kappa shape index (κ3) is 5.66. The highest BCUT2D eigenvalue weighted by Gasteiger charge is 2.38. The van der Waals surface area contributed by atoms with Gasteiger partial charge >= 0.3 is 12.4 Å². The van der Waals surface area contributed by atoms with Gasteiger partial charge in [-0.05, 0) is 37.1 Å². The molecule has 4 N–H and O–H groups in total. The largest absolute Gasteiger partial charge is 0.416 e. The smallest absolute Gasteiger partial charge is 0.330 e. The zero-order valence-corrected chi connectivity index (χ0v) is 12.3. The number of rotatable bonds is 5. The Balaban J connectivity index is 0.00000441. The fourth-order valence-corrected chi connectivity index (χ4v) is 1.97. The number of hydrogen-bond acceptors (Lipinski definition) is 2. The van der Waals surface area contributed by atoms with E-state index in [1.807, 2.05) is 0 Å². The zero-order valence-electron chi connectivity index (χ0n) is 11.5. The average molecular weight is 351 g/mol. The zero-order chi connectivity index (χ0) is 16.3. The molecular formula is C13H17ClF6N2. The molecule has 9 heteroatoms. The molecule has 0 unspecified atom stereocenters. The topological polar surface area (TPSA) is 52.0 Å². The highest BCUT2D eigenvalue weighted by Crippen LogP contribution is 2.39. The Morgan fingerprint density at radius 3 is 2.00 bits per heavy atom. The molecule has 0 aliphatic carbocycles. The number of benzene rings is 1. The lowest BCUT2D eigenvalue weighted by Gasteiger charge is -2.20. The van der Waals surface area contributed by atoms with Gasteiger partial charge in [0, 0.05) is 6.04 Å². The molecule has 0 aromatic heterocycles. The predicted octanol–water partition coefficient (Wildman–Crippen LogP) is 4.27. The summed E-state index contributed by atoms with van der Waals surface area (Å²) in [5.74, 6) is 0. The van der Waals surface area contributed by atoms with E-state index in [0.29, 0.717) is 25.5 Å². The van der Waals surface area contributed by atoms with Gasteiger partial charge in [0.2, 0.25) is 0 Å². The summed E-state index contributed by atoms with van der Waals surface area (Å²) in [5.41, 5.74) is 7.94. The van der Waals surface area contributed by atoms with E-state index in [9.17, 15) is 26.3 Å². The average Bonchev–Trinajstić information content (AvgIpc) is 2.36. The Bertz CT molecular complexity index is 473. The van der Waals surface area contributed by atoms with Crippen LogP contribution in [0.3, 0.4) is 0 Å². The Labute approximate surface area is 130 Å². The van der Waals surface area contributed by atoms with Crippen molar-refractivity contribution in [1.82, 2.24) is 0 Å². The standard InChI is InChI=1S/C13H16F6N2.ClH/c14-12(15,16)8-4-5-9(10(7-8)13(17,18)19)11(21)3-1-2-6-20;/h4-5,7,11H,1-3,6,20-21H2;1H/t11-;/m0./s1. The Morgan fingerprint density at radius 1 is 0.955 bits per heavy atom. The molecule has 2 nitrogen and oxygen atoms in total. The van der Waals surface area contributed by atoms with Crippen molar-refractivity contribution in [3.05, 3.63) is 34.9 Å². The van der Waals surface area contributed by atoms with E-state index in [2.05, 4.69) is 0 Å². The number of unbranched alkanes of at least 4 members (excludes halogenated alkanes) is 1. The summed E-state index contributed by atoms with van der Waals surface area (Å²) in [6.45, 7) is 0.381. The lowest BCUT2D eigenvalue weighted by atomic mass is 9.94. The lowest BCUT2D eigenvalue weighted by Crippen LogP contribution is -2.19. The van der Waals surface area contributed by atoms with Gasteiger partial charge in [-0.1, -0.05) is 12.5 Å². The van der Waals surface area contributed by atoms with Gasteiger partial charge in [-0.15, -0.1) is 12.4 Å².